The normalized spacial score (nSPS) is 11.4. The van der Waals surface area contributed by atoms with E-state index in [1.54, 1.807) is 30.3 Å². The van der Waals surface area contributed by atoms with Gasteiger partial charge in [-0.1, -0.05) is 47.5 Å². The van der Waals surface area contributed by atoms with Crippen LogP contribution in [-0.4, -0.2) is 13.5 Å². The molecule has 4 nitrogen and oxygen atoms in total. The summed E-state index contributed by atoms with van der Waals surface area (Å²) in [5, 5.41) is 10.0. The number of anilines is 1. The lowest BCUT2D eigenvalue weighted by molar-refractivity contribution is 0.466. The molecule has 3 aromatic carbocycles. The molecule has 2 N–H and O–H groups in total. The Morgan fingerprint density at radius 1 is 0.821 bits per heavy atom. The zero-order valence-electron chi connectivity index (χ0n) is 16.6. The largest absolute Gasteiger partial charge is 0.507 e. The van der Waals surface area contributed by atoms with Crippen LogP contribution in [0.1, 0.15) is 33.4 Å². The maximum Gasteiger partial charge on any atom is 0.261 e. The van der Waals surface area contributed by atoms with Crippen molar-refractivity contribution in [1.29, 1.82) is 0 Å². The molecule has 0 saturated carbocycles. The molecule has 3 rings (SSSR count). The number of benzene rings is 3. The van der Waals surface area contributed by atoms with E-state index in [0.717, 1.165) is 33.4 Å². The van der Waals surface area contributed by atoms with Crippen LogP contribution in [0.15, 0.2) is 59.5 Å². The van der Waals surface area contributed by atoms with Gasteiger partial charge in [0.15, 0.2) is 0 Å². The van der Waals surface area contributed by atoms with Gasteiger partial charge in [0.2, 0.25) is 0 Å². The van der Waals surface area contributed by atoms with Crippen LogP contribution in [0.5, 0.6) is 5.75 Å². The summed E-state index contributed by atoms with van der Waals surface area (Å²) in [5.41, 5.74) is 6.16. The molecule has 146 valence electrons. The van der Waals surface area contributed by atoms with E-state index in [0.29, 0.717) is 17.9 Å². The van der Waals surface area contributed by atoms with Crippen LogP contribution >= 0.6 is 0 Å². The Morgan fingerprint density at radius 2 is 1.39 bits per heavy atom. The fourth-order valence-electron chi connectivity index (χ4n) is 3.26. The Kier molecular flexibility index (Phi) is 5.47. The number of phenols is 1. The molecule has 0 saturated heterocycles. The first kappa shape index (κ1) is 20.0. The first-order valence-electron chi connectivity index (χ1n) is 9.14. The summed E-state index contributed by atoms with van der Waals surface area (Å²) in [6.45, 7) is 7.63. The highest BCUT2D eigenvalue weighted by Crippen LogP contribution is 2.28. The Hall–Kier alpha value is -2.79. The molecule has 3 aromatic rings. The number of aromatic hydroxyl groups is 1. The number of phenolic OH excluding ortho intramolecular Hbond substituents is 1. The number of nitrogens with one attached hydrogen (secondary N) is 1. The molecule has 0 radical (unpaired) electrons. The predicted octanol–water partition coefficient (Wildman–Crippen LogP) is 5.02. The minimum atomic E-state index is -3.67. The minimum absolute atomic E-state index is 0.237. The molecule has 28 heavy (non-hydrogen) atoms. The maximum atomic E-state index is 12.8. The van der Waals surface area contributed by atoms with Gasteiger partial charge >= 0.3 is 0 Å². The summed E-state index contributed by atoms with van der Waals surface area (Å²) in [7, 11) is -3.67. The number of rotatable bonds is 5. The summed E-state index contributed by atoms with van der Waals surface area (Å²) in [4.78, 5) is 0.237. The fourth-order valence-corrected chi connectivity index (χ4v) is 4.36. The van der Waals surface area contributed by atoms with E-state index < -0.39 is 10.0 Å². The second-order valence-electron chi connectivity index (χ2n) is 7.33. The van der Waals surface area contributed by atoms with Crippen molar-refractivity contribution in [2.75, 3.05) is 4.72 Å². The van der Waals surface area contributed by atoms with E-state index in [1.807, 2.05) is 52.0 Å². The highest BCUT2D eigenvalue weighted by Gasteiger charge is 2.16. The smallest absolute Gasteiger partial charge is 0.261 e. The Balaban J connectivity index is 1.96. The van der Waals surface area contributed by atoms with E-state index in [1.165, 1.54) is 0 Å². The minimum Gasteiger partial charge on any atom is -0.507 e. The van der Waals surface area contributed by atoms with Gasteiger partial charge in [-0.25, -0.2) is 8.42 Å². The third-order valence-corrected chi connectivity index (χ3v) is 6.16. The zero-order chi connectivity index (χ0) is 20.5. The summed E-state index contributed by atoms with van der Waals surface area (Å²) in [5.74, 6) is 0.299. The quantitative estimate of drug-likeness (QED) is 0.638. The molecule has 0 aliphatic rings. The first-order valence-corrected chi connectivity index (χ1v) is 10.6. The molecule has 0 aliphatic heterocycles. The zero-order valence-corrected chi connectivity index (χ0v) is 17.4. The van der Waals surface area contributed by atoms with Crippen molar-refractivity contribution in [3.8, 4) is 5.75 Å². The molecular formula is C23H25NO3S. The average Bonchev–Trinajstić information content (AvgIpc) is 2.62. The maximum absolute atomic E-state index is 12.8. The molecule has 0 unspecified atom stereocenters. The van der Waals surface area contributed by atoms with Crippen molar-refractivity contribution < 1.29 is 13.5 Å². The van der Waals surface area contributed by atoms with Gasteiger partial charge in [0.05, 0.1) is 10.6 Å². The molecule has 5 heteroatoms. The van der Waals surface area contributed by atoms with Crippen LogP contribution in [0, 0.1) is 27.7 Å². The number of sulfonamides is 1. The number of hydrogen-bond acceptors (Lipinski definition) is 3. The first-order chi connectivity index (χ1) is 13.2. The van der Waals surface area contributed by atoms with Gasteiger partial charge in [0.1, 0.15) is 5.75 Å². The van der Waals surface area contributed by atoms with Crippen molar-refractivity contribution in [3.63, 3.8) is 0 Å². The van der Waals surface area contributed by atoms with Gasteiger partial charge in [-0.2, -0.15) is 0 Å². The third-order valence-electron chi connectivity index (χ3n) is 4.78. The van der Waals surface area contributed by atoms with Crippen LogP contribution in [-0.2, 0) is 16.4 Å². The molecule has 0 heterocycles. The van der Waals surface area contributed by atoms with Crippen LogP contribution in [0.4, 0.5) is 5.69 Å². The second-order valence-corrected chi connectivity index (χ2v) is 9.02. The molecule has 0 aromatic heterocycles. The van der Waals surface area contributed by atoms with Gasteiger partial charge in [-0.3, -0.25) is 4.72 Å². The Bertz CT molecular complexity index is 1090. The van der Waals surface area contributed by atoms with Crippen LogP contribution in [0.3, 0.4) is 0 Å². The van der Waals surface area contributed by atoms with Crippen molar-refractivity contribution >= 4 is 15.7 Å². The lowest BCUT2D eigenvalue weighted by Crippen LogP contribution is -2.14. The Labute approximate surface area is 166 Å². The topological polar surface area (TPSA) is 66.4 Å². The fraction of sp³-hybridized carbons (Fsp3) is 0.217. The van der Waals surface area contributed by atoms with Crippen molar-refractivity contribution in [2.45, 2.75) is 39.0 Å². The average molecular weight is 396 g/mol. The molecule has 0 aliphatic carbocycles. The Morgan fingerprint density at radius 3 is 2.00 bits per heavy atom. The monoisotopic (exact) mass is 395 g/mol. The van der Waals surface area contributed by atoms with E-state index in [9.17, 15) is 13.5 Å². The third kappa shape index (κ3) is 4.37. The standard InChI is InChI=1S/C23H25NO3S/c1-15-5-8-21(9-6-15)28(26,27)24-22-10-7-16(2)11-20(22)14-19-12-17(3)23(25)18(4)13-19/h5-13,24-25H,14H2,1-4H3. The highest BCUT2D eigenvalue weighted by atomic mass is 32.2. The predicted molar refractivity (Wildman–Crippen MR) is 114 cm³/mol. The number of hydrogen-bond donors (Lipinski definition) is 2. The van der Waals surface area contributed by atoms with Crippen molar-refractivity contribution in [2.24, 2.45) is 0 Å². The van der Waals surface area contributed by atoms with E-state index in [4.69, 9.17) is 0 Å². The van der Waals surface area contributed by atoms with E-state index in [-0.39, 0.29) is 4.90 Å². The molecule has 0 fully saturated rings. The summed E-state index contributed by atoms with van der Waals surface area (Å²) in [6.07, 6.45) is 0.565. The molecule has 0 atom stereocenters. The van der Waals surface area contributed by atoms with E-state index >= 15 is 0 Å². The summed E-state index contributed by atoms with van der Waals surface area (Å²) >= 11 is 0. The molecular weight excluding hydrogens is 370 g/mol. The number of aryl methyl sites for hydroxylation is 4. The summed E-state index contributed by atoms with van der Waals surface area (Å²) in [6, 6.07) is 16.3. The van der Waals surface area contributed by atoms with E-state index in [2.05, 4.69) is 4.72 Å². The van der Waals surface area contributed by atoms with Gasteiger partial charge < -0.3 is 5.11 Å². The molecule has 0 amide bonds. The van der Waals surface area contributed by atoms with Gasteiger partial charge in [0.25, 0.3) is 10.0 Å². The lowest BCUT2D eigenvalue weighted by Gasteiger charge is -2.15. The van der Waals surface area contributed by atoms with Crippen LogP contribution in [0.2, 0.25) is 0 Å². The van der Waals surface area contributed by atoms with Gasteiger partial charge in [-0.15, -0.1) is 0 Å². The molecule has 0 bridgehead atoms. The SMILES string of the molecule is Cc1ccc(S(=O)(=O)Nc2ccc(C)cc2Cc2cc(C)c(O)c(C)c2)cc1. The molecule has 0 spiro atoms. The summed E-state index contributed by atoms with van der Waals surface area (Å²) < 4.78 is 28.4. The van der Waals surface area contributed by atoms with Crippen molar-refractivity contribution in [3.05, 3.63) is 88.0 Å². The van der Waals surface area contributed by atoms with Crippen LogP contribution in [0.25, 0.3) is 0 Å². The van der Waals surface area contributed by atoms with Gasteiger partial charge in [-0.05, 0) is 74.6 Å². The lowest BCUT2D eigenvalue weighted by atomic mass is 9.98. The van der Waals surface area contributed by atoms with Crippen LogP contribution < -0.4 is 4.72 Å². The van der Waals surface area contributed by atoms with Crippen molar-refractivity contribution in [1.82, 2.24) is 0 Å². The van der Waals surface area contributed by atoms with Gasteiger partial charge in [0, 0.05) is 0 Å². The second kappa shape index (κ2) is 7.68. The highest BCUT2D eigenvalue weighted by molar-refractivity contribution is 7.92.